The maximum Gasteiger partial charge on any atom is 0.388 e. The summed E-state index contributed by atoms with van der Waals surface area (Å²) < 4.78 is 57.3. The second-order valence-electron chi connectivity index (χ2n) is 6.62. The van der Waals surface area contributed by atoms with Gasteiger partial charge in [0.25, 0.3) is 0 Å². The van der Waals surface area contributed by atoms with Crippen molar-refractivity contribution in [3.63, 3.8) is 0 Å². The normalized spacial score (nSPS) is 17.3. The molecule has 0 saturated carbocycles. The standard InChI is InChI=1S/C19H17ClF4N4O3/c1-9-17(29)25-6-7-28(9)19(30)27-16(11-3-4-12(21)14(20)15(11)22)10-2-5-13(26-8-10)31-18(23)24/h2-5,8-9,16,18H,6-7H2,1H3,(H,25,29)(H,27,30)/t9-,16+/m1/s1. The number of alkyl halides is 2. The molecule has 1 aromatic carbocycles. The first-order valence-corrected chi connectivity index (χ1v) is 9.45. The summed E-state index contributed by atoms with van der Waals surface area (Å²) in [5, 5.41) is 4.42. The molecule has 12 heteroatoms. The van der Waals surface area contributed by atoms with E-state index in [0.29, 0.717) is 0 Å². The number of hydrogen-bond acceptors (Lipinski definition) is 4. The molecule has 3 rings (SSSR count). The van der Waals surface area contributed by atoms with Crippen LogP contribution in [0.4, 0.5) is 22.4 Å². The number of pyridine rings is 1. The Morgan fingerprint density at radius 2 is 2.06 bits per heavy atom. The molecule has 2 heterocycles. The zero-order chi connectivity index (χ0) is 22.7. The second kappa shape index (κ2) is 9.38. The molecule has 1 fully saturated rings. The minimum atomic E-state index is -3.09. The van der Waals surface area contributed by atoms with Crippen LogP contribution in [0.2, 0.25) is 5.02 Å². The van der Waals surface area contributed by atoms with Crippen LogP contribution in [0, 0.1) is 11.6 Å². The van der Waals surface area contributed by atoms with Crippen LogP contribution in [-0.2, 0) is 4.79 Å². The molecule has 0 unspecified atom stereocenters. The molecule has 1 aliphatic rings. The lowest BCUT2D eigenvalue weighted by Crippen LogP contribution is -2.58. The van der Waals surface area contributed by atoms with E-state index in [1.54, 1.807) is 0 Å². The molecule has 1 aromatic heterocycles. The third-order valence-corrected chi connectivity index (χ3v) is 5.05. The molecule has 0 bridgehead atoms. The van der Waals surface area contributed by atoms with Gasteiger partial charge >= 0.3 is 12.6 Å². The lowest BCUT2D eigenvalue weighted by molar-refractivity contribution is -0.126. The zero-order valence-corrected chi connectivity index (χ0v) is 16.8. The molecule has 1 aliphatic heterocycles. The SMILES string of the molecule is C[C@@H]1C(=O)NCCN1C(=O)N[C@@H](c1ccc(OC(F)F)nc1)c1ccc(F)c(Cl)c1F. The fraction of sp³-hybridized carbons (Fsp3) is 0.316. The van der Waals surface area contributed by atoms with Crippen molar-refractivity contribution in [1.29, 1.82) is 0 Å². The van der Waals surface area contributed by atoms with E-state index in [4.69, 9.17) is 11.6 Å². The van der Waals surface area contributed by atoms with Gasteiger partial charge in [0.1, 0.15) is 22.7 Å². The molecule has 166 valence electrons. The number of nitrogens with one attached hydrogen (secondary N) is 2. The summed E-state index contributed by atoms with van der Waals surface area (Å²) in [6.45, 7) is -1.12. The van der Waals surface area contributed by atoms with E-state index in [1.807, 2.05) is 0 Å². The summed E-state index contributed by atoms with van der Waals surface area (Å²) in [5.74, 6) is -2.84. The largest absolute Gasteiger partial charge is 0.417 e. The number of carbonyl (C=O) groups is 2. The maximum atomic E-state index is 14.7. The summed E-state index contributed by atoms with van der Waals surface area (Å²) in [4.78, 5) is 29.7. The number of hydrogen-bond donors (Lipinski definition) is 2. The van der Waals surface area contributed by atoms with Gasteiger partial charge in [-0.3, -0.25) is 4.79 Å². The van der Waals surface area contributed by atoms with Crippen molar-refractivity contribution in [3.8, 4) is 5.88 Å². The van der Waals surface area contributed by atoms with E-state index < -0.39 is 41.4 Å². The molecule has 0 spiro atoms. The zero-order valence-electron chi connectivity index (χ0n) is 16.0. The van der Waals surface area contributed by atoms with Crippen molar-refractivity contribution in [2.24, 2.45) is 0 Å². The Morgan fingerprint density at radius 1 is 1.32 bits per heavy atom. The lowest BCUT2D eigenvalue weighted by atomic mass is 9.99. The molecular formula is C19H17ClF4N4O3. The first kappa shape index (κ1) is 22.6. The van der Waals surface area contributed by atoms with Crippen molar-refractivity contribution in [3.05, 3.63) is 58.2 Å². The van der Waals surface area contributed by atoms with Gasteiger partial charge in [0.05, 0.1) is 6.04 Å². The van der Waals surface area contributed by atoms with Crippen molar-refractivity contribution < 1.29 is 31.9 Å². The van der Waals surface area contributed by atoms with E-state index in [9.17, 15) is 27.2 Å². The predicted molar refractivity (Wildman–Crippen MR) is 102 cm³/mol. The summed E-state index contributed by atoms with van der Waals surface area (Å²) >= 11 is 5.68. The number of halogens is 5. The van der Waals surface area contributed by atoms with E-state index in [2.05, 4.69) is 20.4 Å². The van der Waals surface area contributed by atoms with E-state index in [-0.39, 0.29) is 36.0 Å². The van der Waals surface area contributed by atoms with Crippen LogP contribution >= 0.6 is 11.6 Å². The summed E-state index contributed by atoms with van der Waals surface area (Å²) in [7, 11) is 0. The molecule has 2 aromatic rings. The van der Waals surface area contributed by atoms with Crippen LogP contribution in [0.25, 0.3) is 0 Å². The minimum absolute atomic E-state index is 0.182. The average molecular weight is 461 g/mol. The Morgan fingerprint density at radius 3 is 2.71 bits per heavy atom. The Hall–Kier alpha value is -3.08. The summed E-state index contributed by atoms with van der Waals surface area (Å²) in [5.41, 5.74) is 0.00356. The van der Waals surface area contributed by atoms with Gasteiger partial charge in [-0.05, 0) is 24.6 Å². The minimum Gasteiger partial charge on any atom is -0.417 e. The number of benzene rings is 1. The van der Waals surface area contributed by atoms with E-state index >= 15 is 0 Å². The van der Waals surface area contributed by atoms with Crippen LogP contribution in [0.1, 0.15) is 24.1 Å². The average Bonchev–Trinajstić information content (AvgIpc) is 2.73. The van der Waals surface area contributed by atoms with Crippen molar-refractivity contribution >= 4 is 23.5 Å². The van der Waals surface area contributed by atoms with Crippen LogP contribution in [-0.4, -0.2) is 47.6 Å². The number of ether oxygens (including phenoxy) is 1. The molecule has 2 atom stereocenters. The third-order valence-electron chi connectivity index (χ3n) is 4.71. The number of urea groups is 1. The van der Waals surface area contributed by atoms with Gasteiger partial charge in [-0.25, -0.2) is 18.6 Å². The molecule has 2 N–H and O–H groups in total. The molecule has 3 amide bonds. The molecule has 0 aliphatic carbocycles. The highest BCUT2D eigenvalue weighted by atomic mass is 35.5. The summed E-state index contributed by atoms with van der Waals surface area (Å²) in [6, 6.07) is 1.74. The smallest absolute Gasteiger partial charge is 0.388 e. The van der Waals surface area contributed by atoms with Crippen LogP contribution in [0.5, 0.6) is 5.88 Å². The number of carbonyl (C=O) groups excluding carboxylic acids is 2. The van der Waals surface area contributed by atoms with Crippen LogP contribution in [0.15, 0.2) is 30.5 Å². The predicted octanol–water partition coefficient (Wildman–Crippen LogP) is 3.23. The fourth-order valence-corrected chi connectivity index (χ4v) is 3.27. The Kier molecular flexibility index (Phi) is 6.84. The highest BCUT2D eigenvalue weighted by Gasteiger charge is 2.32. The maximum absolute atomic E-state index is 14.7. The number of piperazine rings is 1. The van der Waals surface area contributed by atoms with E-state index in [1.165, 1.54) is 17.9 Å². The van der Waals surface area contributed by atoms with Gasteiger partial charge in [0, 0.05) is 30.9 Å². The van der Waals surface area contributed by atoms with Gasteiger partial charge in [-0.1, -0.05) is 17.7 Å². The first-order valence-electron chi connectivity index (χ1n) is 9.08. The fourth-order valence-electron chi connectivity index (χ4n) is 3.09. The number of nitrogens with zero attached hydrogens (tertiary/aromatic N) is 2. The van der Waals surface area contributed by atoms with Gasteiger partial charge in [0.15, 0.2) is 0 Å². The Labute approximate surface area is 179 Å². The number of amides is 3. The quantitative estimate of drug-likeness (QED) is 0.530. The van der Waals surface area contributed by atoms with Crippen LogP contribution < -0.4 is 15.4 Å². The Balaban J connectivity index is 1.96. The van der Waals surface area contributed by atoms with Crippen molar-refractivity contribution in [2.45, 2.75) is 25.6 Å². The second-order valence-corrected chi connectivity index (χ2v) is 6.99. The van der Waals surface area contributed by atoms with Crippen molar-refractivity contribution in [1.82, 2.24) is 20.5 Å². The highest BCUT2D eigenvalue weighted by molar-refractivity contribution is 6.31. The first-order chi connectivity index (χ1) is 14.7. The molecule has 0 radical (unpaired) electrons. The summed E-state index contributed by atoms with van der Waals surface area (Å²) in [6.07, 6.45) is 1.10. The molecule has 7 nitrogen and oxygen atoms in total. The monoisotopic (exact) mass is 460 g/mol. The van der Waals surface area contributed by atoms with E-state index in [0.717, 1.165) is 24.4 Å². The molecule has 1 saturated heterocycles. The van der Waals surface area contributed by atoms with Gasteiger partial charge in [-0.15, -0.1) is 0 Å². The van der Waals surface area contributed by atoms with Gasteiger partial charge in [0.2, 0.25) is 11.8 Å². The third kappa shape index (κ3) is 4.98. The highest BCUT2D eigenvalue weighted by Crippen LogP contribution is 2.30. The Bertz CT molecular complexity index is 977. The van der Waals surface area contributed by atoms with Crippen molar-refractivity contribution in [2.75, 3.05) is 13.1 Å². The number of aromatic nitrogens is 1. The van der Waals surface area contributed by atoms with Gasteiger partial charge in [-0.2, -0.15) is 8.78 Å². The lowest BCUT2D eigenvalue weighted by Gasteiger charge is -2.34. The number of rotatable bonds is 5. The molecule has 31 heavy (non-hydrogen) atoms. The van der Waals surface area contributed by atoms with Gasteiger partial charge < -0.3 is 20.3 Å². The van der Waals surface area contributed by atoms with Crippen LogP contribution in [0.3, 0.4) is 0 Å². The molecular weight excluding hydrogens is 444 g/mol. The topological polar surface area (TPSA) is 83.6 Å².